The number of aromatic nitrogens is 3. The third kappa shape index (κ3) is 3.18. The van der Waals surface area contributed by atoms with Crippen molar-refractivity contribution in [3.63, 3.8) is 0 Å². The van der Waals surface area contributed by atoms with Gasteiger partial charge in [-0.1, -0.05) is 11.3 Å². The van der Waals surface area contributed by atoms with Crippen molar-refractivity contribution >= 4 is 5.69 Å². The lowest BCUT2D eigenvalue weighted by Crippen LogP contribution is -2.01. The van der Waals surface area contributed by atoms with Gasteiger partial charge in [-0.2, -0.15) is 0 Å². The lowest BCUT2D eigenvalue weighted by molar-refractivity contribution is -0.384. The number of nitrogens with zero attached hydrogens (tertiary/aromatic N) is 4. The smallest absolute Gasteiger partial charge is 0.294 e. The molecule has 0 saturated carbocycles. The molecular formula is C13H17N5O2. The molecule has 1 aromatic heterocycles. The van der Waals surface area contributed by atoms with Crippen molar-refractivity contribution in [2.45, 2.75) is 26.2 Å². The molecule has 2 rings (SSSR count). The van der Waals surface area contributed by atoms with Crippen molar-refractivity contribution in [2.24, 2.45) is 5.73 Å². The molecule has 0 aliphatic rings. The summed E-state index contributed by atoms with van der Waals surface area (Å²) in [6.07, 6.45) is 4.37. The van der Waals surface area contributed by atoms with Gasteiger partial charge in [-0.25, -0.2) is 4.68 Å². The maximum atomic E-state index is 11.1. The summed E-state index contributed by atoms with van der Waals surface area (Å²) >= 11 is 0. The predicted molar refractivity (Wildman–Crippen MR) is 74.7 cm³/mol. The predicted octanol–water partition coefficient (Wildman–Crippen LogP) is 1.77. The Bertz CT molecular complexity index is 609. The van der Waals surface area contributed by atoms with E-state index < -0.39 is 4.92 Å². The zero-order valence-corrected chi connectivity index (χ0v) is 11.3. The Morgan fingerprint density at radius 1 is 1.40 bits per heavy atom. The molecular weight excluding hydrogens is 258 g/mol. The zero-order chi connectivity index (χ0) is 14.5. The van der Waals surface area contributed by atoms with Crippen molar-refractivity contribution in [3.05, 3.63) is 45.8 Å². The molecule has 0 bridgehead atoms. The lowest BCUT2D eigenvalue weighted by Gasteiger charge is -2.03. The number of aryl methyl sites for hydroxylation is 2. The highest BCUT2D eigenvalue weighted by Crippen LogP contribution is 2.23. The molecule has 1 aromatic carbocycles. The maximum absolute atomic E-state index is 11.1. The van der Waals surface area contributed by atoms with Crippen LogP contribution in [0.15, 0.2) is 24.4 Å². The first-order chi connectivity index (χ1) is 9.61. The summed E-state index contributed by atoms with van der Waals surface area (Å²) in [6.45, 7) is 2.53. The molecule has 0 spiro atoms. The summed E-state index contributed by atoms with van der Waals surface area (Å²) in [5.41, 5.74) is 7.65. The molecule has 7 heteroatoms. The van der Waals surface area contributed by atoms with Gasteiger partial charge in [-0.05, 0) is 44.4 Å². The molecule has 0 amide bonds. The van der Waals surface area contributed by atoms with E-state index in [0.29, 0.717) is 12.2 Å². The standard InChI is InChI=1S/C13H17N5O2/c1-10-5-6-12(18(19)20)13(8-10)17-9-11(15-16-17)4-2-3-7-14/h5-6,8-9H,2-4,7,14H2,1H3. The largest absolute Gasteiger partial charge is 0.330 e. The first kappa shape index (κ1) is 14.1. The fourth-order valence-corrected chi connectivity index (χ4v) is 1.95. The monoisotopic (exact) mass is 275 g/mol. The summed E-state index contributed by atoms with van der Waals surface area (Å²) in [5, 5.41) is 19.1. The normalized spacial score (nSPS) is 10.7. The number of benzene rings is 1. The Morgan fingerprint density at radius 2 is 2.20 bits per heavy atom. The molecule has 0 aliphatic heterocycles. The number of rotatable bonds is 6. The Hall–Kier alpha value is -2.28. The van der Waals surface area contributed by atoms with Gasteiger partial charge in [0.25, 0.3) is 5.69 Å². The van der Waals surface area contributed by atoms with Crippen LogP contribution in [0.4, 0.5) is 5.69 Å². The summed E-state index contributed by atoms with van der Waals surface area (Å²) in [5.74, 6) is 0. The molecule has 106 valence electrons. The highest BCUT2D eigenvalue weighted by molar-refractivity contribution is 5.53. The third-order valence-corrected chi connectivity index (χ3v) is 3.00. The van der Waals surface area contributed by atoms with Gasteiger partial charge < -0.3 is 5.73 Å². The topological polar surface area (TPSA) is 99.9 Å². The lowest BCUT2D eigenvalue weighted by atomic mass is 10.2. The fraction of sp³-hybridized carbons (Fsp3) is 0.385. The average molecular weight is 275 g/mol. The molecule has 7 nitrogen and oxygen atoms in total. The SMILES string of the molecule is Cc1ccc([N+](=O)[O-])c(-n2cc(CCCCN)nn2)c1. The van der Waals surface area contributed by atoms with Gasteiger partial charge in [0.05, 0.1) is 16.8 Å². The van der Waals surface area contributed by atoms with E-state index in [9.17, 15) is 10.1 Å². The molecule has 1 heterocycles. The molecule has 0 radical (unpaired) electrons. The van der Waals surface area contributed by atoms with E-state index in [1.54, 1.807) is 18.3 Å². The maximum Gasteiger partial charge on any atom is 0.294 e. The van der Waals surface area contributed by atoms with E-state index in [0.717, 1.165) is 30.5 Å². The molecule has 2 N–H and O–H groups in total. The average Bonchev–Trinajstić information content (AvgIpc) is 2.87. The van der Waals surface area contributed by atoms with Crippen LogP contribution in [0.5, 0.6) is 0 Å². The highest BCUT2D eigenvalue weighted by Gasteiger charge is 2.16. The van der Waals surface area contributed by atoms with Crippen molar-refractivity contribution in [1.82, 2.24) is 15.0 Å². The first-order valence-electron chi connectivity index (χ1n) is 6.48. The van der Waals surface area contributed by atoms with Crippen LogP contribution < -0.4 is 5.73 Å². The highest BCUT2D eigenvalue weighted by atomic mass is 16.6. The van der Waals surface area contributed by atoms with Crippen molar-refractivity contribution in [2.75, 3.05) is 6.54 Å². The number of hydrogen-bond acceptors (Lipinski definition) is 5. The van der Waals surface area contributed by atoms with Gasteiger partial charge in [-0.15, -0.1) is 5.10 Å². The zero-order valence-electron chi connectivity index (χ0n) is 11.3. The minimum Gasteiger partial charge on any atom is -0.330 e. The van der Waals surface area contributed by atoms with Gasteiger partial charge in [0.2, 0.25) is 0 Å². The quantitative estimate of drug-likeness (QED) is 0.492. The van der Waals surface area contributed by atoms with Crippen LogP contribution in [0.1, 0.15) is 24.1 Å². The molecule has 2 aromatic rings. The van der Waals surface area contributed by atoms with Crippen molar-refractivity contribution in [1.29, 1.82) is 0 Å². The van der Waals surface area contributed by atoms with Gasteiger partial charge in [-0.3, -0.25) is 10.1 Å². The van der Waals surface area contributed by atoms with E-state index in [1.165, 1.54) is 10.7 Å². The molecule has 20 heavy (non-hydrogen) atoms. The van der Waals surface area contributed by atoms with Crippen LogP contribution in [0, 0.1) is 17.0 Å². The Labute approximate surface area is 116 Å². The van der Waals surface area contributed by atoms with E-state index in [1.807, 2.05) is 6.92 Å². The second-order valence-electron chi connectivity index (χ2n) is 4.65. The number of nitro benzene ring substituents is 1. The number of nitrogens with two attached hydrogens (primary N) is 1. The minimum absolute atomic E-state index is 0.0222. The van der Waals surface area contributed by atoms with Gasteiger partial charge in [0, 0.05) is 6.07 Å². The summed E-state index contributed by atoms with van der Waals surface area (Å²) in [4.78, 5) is 10.6. The Morgan fingerprint density at radius 3 is 2.90 bits per heavy atom. The summed E-state index contributed by atoms with van der Waals surface area (Å²) in [7, 11) is 0. The van der Waals surface area contributed by atoms with Gasteiger partial charge in [0.15, 0.2) is 0 Å². The van der Waals surface area contributed by atoms with Crippen LogP contribution in [0.25, 0.3) is 5.69 Å². The van der Waals surface area contributed by atoms with E-state index in [2.05, 4.69) is 10.3 Å². The van der Waals surface area contributed by atoms with E-state index in [4.69, 9.17) is 5.73 Å². The van der Waals surface area contributed by atoms with Crippen LogP contribution in [-0.2, 0) is 6.42 Å². The summed E-state index contributed by atoms with van der Waals surface area (Å²) < 4.78 is 1.46. The Kier molecular flexibility index (Phi) is 4.41. The van der Waals surface area contributed by atoms with Gasteiger partial charge >= 0.3 is 0 Å². The van der Waals surface area contributed by atoms with Crippen molar-refractivity contribution < 1.29 is 4.92 Å². The van der Waals surface area contributed by atoms with Crippen LogP contribution >= 0.6 is 0 Å². The molecule has 0 atom stereocenters. The molecule has 0 saturated heterocycles. The van der Waals surface area contributed by atoms with E-state index >= 15 is 0 Å². The first-order valence-corrected chi connectivity index (χ1v) is 6.48. The second-order valence-corrected chi connectivity index (χ2v) is 4.65. The van der Waals surface area contributed by atoms with Crippen LogP contribution in [-0.4, -0.2) is 26.5 Å². The number of unbranched alkanes of at least 4 members (excludes halogenated alkanes) is 1. The number of hydrogen-bond donors (Lipinski definition) is 1. The van der Waals surface area contributed by atoms with Crippen LogP contribution in [0.2, 0.25) is 0 Å². The molecule has 0 aliphatic carbocycles. The molecule has 0 fully saturated rings. The second kappa shape index (κ2) is 6.25. The van der Waals surface area contributed by atoms with Crippen molar-refractivity contribution in [3.8, 4) is 5.69 Å². The minimum atomic E-state index is -0.412. The summed E-state index contributed by atoms with van der Waals surface area (Å²) in [6, 6.07) is 4.93. The Balaban J connectivity index is 2.27. The van der Waals surface area contributed by atoms with E-state index in [-0.39, 0.29) is 5.69 Å². The fourth-order valence-electron chi connectivity index (χ4n) is 1.95. The number of nitro groups is 1. The third-order valence-electron chi connectivity index (χ3n) is 3.00. The van der Waals surface area contributed by atoms with Crippen LogP contribution in [0.3, 0.4) is 0 Å². The molecule has 0 unspecified atom stereocenters. The van der Waals surface area contributed by atoms with Gasteiger partial charge in [0.1, 0.15) is 5.69 Å².